The lowest BCUT2D eigenvalue weighted by molar-refractivity contribution is -0.0370. The zero-order chi connectivity index (χ0) is 15.0. The Kier molecular flexibility index (Phi) is 7.03. The fourth-order valence-electron chi connectivity index (χ4n) is 4.17. The van der Waals surface area contributed by atoms with Crippen LogP contribution >= 0.6 is 0 Å². The quantitative estimate of drug-likeness (QED) is 0.550. The van der Waals surface area contributed by atoms with Crippen molar-refractivity contribution in [3.63, 3.8) is 0 Å². The molecule has 0 aromatic rings. The molecule has 1 saturated carbocycles. The lowest BCUT2D eigenvalue weighted by Gasteiger charge is -2.49. The summed E-state index contributed by atoms with van der Waals surface area (Å²) in [6, 6.07) is 0.589. The smallest absolute Gasteiger partial charge is 0.0594 e. The molecular formula is C18H32N2O. The molecule has 2 aliphatic rings. The first-order chi connectivity index (χ1) is 10.3. The van der Waals surface area contributed by atoms with Crippen molar-refractivity contribution in [1.29, 1.82) is 0 Å². The van der Waals surface area contributed by atoms with Crippen molar-refractivity contribution >= 4 is 0 Å². The summed E-state index contributed by atoms with van der Waals surface area (Å²) in [6.07, 6.45) is 15.3. The molecule has 1 heterocycles. The molecule has 0 aromatic heterocycles. The third-order valence-corrected chi connectivity index (χ3v) is 5.21. The highest BCUT2D eigenvalue weighted by molar-refractivity contribution is 5.04. The van der Waals surface area contributed by atoms with Gasteiger partial charge in [0.2, 0.25) is 0 Å². The highest BCUT2D eigenvalue weighted by atomic mass is 16.5. The number of nitrogens with zero attached hydrogens (tertiary/aromatic N) is 1. The molecule has 0 bridgehead atoms. The fraction of sp³-hybridized carbons (Fsp3) is 0.889. The standard InChI is InChI=1S/C18H32N2O/c1-3-5-6-9-17(19-12-4-2)18(10-7-8-11-18)20-13-15-21-16-14-20/h1,17,19H,4-16H2,2H3. The van der Waals surface area contributed by atoms with Crippen molar-refractivity contribution in [1.82, 2.24) is 10.2 Å². The number of morpholine rings is 1. The van der Waals surface area contributed by atoms with Gasteiger partial charge in [0.05, 0.1) is 13.2 Å². The molecule has 3 nitrogen and oxygen atoms in total. The highest BCUT2D eigenvalue weighted by Crippen LogP contribution is 2.40. The van der Waals surface area contributed by atoms with Crippen molar-refractivity contribution in [2.45, 2.75) is 69.9 Å². The maximum absolute atomic E-state index is 5.58. The van der Waals surface area contributed by atoms with Crippen molar-refractivity contribution in [3.8, 4) is 12.3 Å². The Morgan fingerprint density at radius 2 is 2.00 bits per heavy atom. The minimum Gasteiger partial charge on any atom is -0.379 e. The number of hydrogen-bond donors (Lipinski definition) is 1. The van der Waals surface area contributed by atoms with Crippen LogP contribution in [0.25, 0.3) is 0 Å². The average molecular weight is 292 g/mol. The van der Waals surface area contributed by atoms with E-state index < -0.39 is 0 Å². The van der Waals surface area contributed by atoms with E-state index in [9.17, 15) is 0 Å². The summed E-state index contributed by atoms with van der Waals surface area (Å²) in [4.78, 5) is 2.73. The van der Waals surface area contributed by atoms with E-state index in [0.29, 0.717) is 11.6 Å². The molecule has 1 atom stereocenters. The predicted molar refractivity (Wildman–Crippen MR) is 88.4 cm³/mol. The molecule has 0 aromatic carbocycles. The first kappa shape index (κ1) is 16.8. The third kappa shape index (κ3) is 4.22. The Hall–Kier alpha value is -0.560. The summed E-state index contributed by atoms with van der Waals surface area (Å²) in [5, 5.41) is 3.86. The molecule has 2 fully saturated rings. The maximum Gasteiger partial charge on any atom is 0.0594 e. The van der Waals surface area contributed by atoms with E-state index in [1.165, 1.54) is 38.5 Å². The van der Waals surface area contributed by atoms with Crippen molar-refractivity contribution in [3.05, 3.63) is 0 Å². The number of unbranched alkanes of at least 4 members (excludes halogenated alkanes) is 1. The van der Waals surface area contributed by atoms with Crippen molar-refractivity contribution < 1.29 is 4.74 Å². The Bertz CT molecular complexity index is 325. The molecule has 1 N–H and O–H groups in total. The SMILES string of the molecule is C#CCCCC(NCCC)C1(N2CCOCC2)CCCC1. The molecule has 1 aliphatic heterocycles. The van der Waals surface area contributed by atoms with E-state index in [2.05, 4.69) is 23.1 Å². The lowest BCUT2D eigenvalue weighted by Crippen LogP contribution is -2.62. The second kappa shape index (κ2) is 8.78. The maximum atomic E-state index is 5.58. The van der Waals surface area contributed by atoms with Gasteiger partial charge in [-0.25, -0.2) is 0 Å². The van der Waals surface area contributed by atoms with Gasteiger partial charge >= 0.3 is 0 Å². The zero-order valence-corrected chi connectivity index (χ0v) is 13.7. The first-order valence-electron chi connectivity index (χ1n) is 8.83. The molecule has 120 valence electrons. The summed E-state index contributed by atoms with van der Waals surface area (Å²) in [5.41, 5.74) is 0.355. The molecule has 1 saturated heterocycles. The van der Waals surface area contributed by atoms with Crippen LogP contribution in [0, 0.1) is 12.3 Å². The second-order valence-electron chi connectivity index (χ2n) is 6.51. The van der Waals surface area contributed by atoms with Gasteiger partial charge in [-0.15, -0.1) is 12.3 Å². The van der Waals surface area contributed by atoms with Crippen LogP contribution in [0.5, 0.6) is 0 Å². The van der Waals surface area contributed by atoms with Crippen LogP contribution < -0.4 is 5.32 Å². The number of terminal acetylenes is 1. The molecule has 0 amide bonds. The fourth-order valence-corrected chi connectivity index (χ4v) is 4.17. The summed E-state index contributed by atoms with van der Waals surface area (Å²) in [5.74, 6) is 2.80. The summed E-state index contributed by atoms with van der Waals surface area (Å²) < 4.78 is 5.58. The second-order valence-corrected chi connectivity index (χ2v) is 6.51. The van der Waals surface area contributed by atoms with Gasteiger partial charge < -0.3 is 10.1 Å². The van der Waals surface area contributed by atoms with Gasteiger partial charge in [-0.3, -0.25) is 4.90 Å². The molecular weight excluding hydrogens is 260 g/mol. The first-order valence-corrected chi connectivity index (χ1v) is 8.83. The molecule has 2 rings (SSSR count). The monoisotopic (exact) mass is 292 g/mol. The molecule has 1 aliphatic carbocycles. The minimum atomic E-state index is 0.355. The van der Waals surface area contributed by atoms with E-state index >= 15 is 0 Å². The van der Waals surface area contributed by atoms with Crippen LogP contribution in [0.2, 0.25) is 0 Å². The van der Waals surface area contributed by atoms with E-state index in [1.54, 1.807) is 0 Å². The topological polar surface area (TPSA) is 24.5 Å². The number of rotatable bonds is 8. The van der Waals surface area contributed by atoms with Crippen LogP contribution in [0.3, 0.4) is 0 Å². The van der Waals surface area contributed by atoms with Crippen LogP contribution in [0.4, 0.5) is 0 Å². The van der Waals surface area contributed by atoms with Crippen molar-refractivity contribution in [2.24, 2.45) is 0 Å². The Balaban J connectivity index is 2.07. The average Bonchev–Trinajstić information content (AvgIpc) is 3.02. The summed E-state index contributed by atoms with van der Waals surface area (Å²) in [7, 11) is 0. The lowest BCUT2D eigenvalue weighted by atomic mass is 9.82. The summed E-state index contributed by atoms with van der Waals surface area (Å²) in [6.45, 7) is 7.35. The number of ether oxygens (including phenoxy) is 1. The molecule has 0 radical (unpaired) electrons. The van der Waals surface area contributed by atoms with E-state index in [0.717, 1.165) is 45.7 Å². The van der Waals surface area contributed by atoms with Gasteiger partial charge in [0.25, 0.3) is 0 Å². The Morgan fingerprint density at radius 3 is 2.62 bits per heavy atom. The molecule has 3 heteroatoms. The highest BCUT2D eigenvalue weighted by Gasteiger charge is 2.45. The molecule has 1 unspecified atom stereocenters. The molecule has 21 heavy (non-hydrogen) atoms. The van der Waals surface area contributed by atoms with Crippen LogP contribution in [-0.2, 0) is 4.74 Å². The largest absolute Gasteiger partial charge is 0.379 e. The predicted octanol–water partition coefficient (Wildman–Crippen LogP) is 2.80. The van der Waals surface area contributed by atoms with Crippen LogP contribution in [0.15, 0.2) is 0 Å². The number of nitrogens with one attached hydrogen (secondary N) is 1. The van der Waals surface area contributed by atoms with Gasteiger partial charge in [-0.1, -0.05) is 19.8 Å². The van der Waals surface area contributed by atoms with Crippen LogP contribution in [-0.4, -0.2) is 49.3 Å². The van der Waals surface area contributed by atoms with Gasteiger partial charge in [0, 0.05) is 31.1 Å². The van der Waals surface area contributed by atoms with Gasteiger partial charge in [-0.2, -0.15) is 0 Å². The minimum absolute atomic E-state index is 0.355. The van der Waals surface area contributed by atoms with E-state index in [1.807, 2.05) is 0 Å². The normalized spacial score (nSPS) is 23.8. The Morgan fingerprint density at radius 1 is 1.29 bits per heavy atom. The van der Waals surface area contributed by atoms with Gasteiger partial charge in [0.1, 0.15) is 0 Å². The van der Waals surface area contributed by atoms with Crippen molar-refractivity contribution in [2.75, 3.05) is 32.8 Å². The molecule has 0 spiro atoms. The van der Waals surface area contributed by atoms with Gasteiger partial charge in [0.15, 0.2) is 0 Å². The summed E-state index contributed by atoms with van der Waals surface area (Å²) >= 11 is 0. The van der Waals surface area contributed by atoms with E-state index in [-0.39, 0.29) is 0 Å². The van der Waals surface area contributed by atoms with Gasteiger partial charge in [-0.05, 0) is 38.6 Å². The van der Waals surface area contributed by atoms with E-state index in [4.69, 9.17) is 11.2 Å². The third-order valence-electron chi connectivity index (χ3n) is 5.21. The van der Waals surface area contributed by atoms with Crippen LogP contribution in [0.1, 0.15) is 58.3 Å². The zero-order valence-electron chi connectivity index (χ0n) is 13.7. The number of hydrogen-bond acceptors (Lipinski definition) is 3. The Labute approximate surface area is 130 Å².